The molecule has 1 aromatic carbocycles. The fraction of sp³-hybridized carbons (Fsp3) is 0.385. The number of rotatable bonds is 3. The third-order valence-corrected chi connectivity index (χ3v) is 3.44. The first-order valence-electron chi connectivity index (χ1n) is 6.19. The number of nitrogens with one attached hydrogen (secondary N) is 1. The second kappa shape index (κ2) is 5.19. The van der Waals surface area contributed by atoms with Gasteiger partial charge in [-0.3, -0.25) is 0 Å². The summed E-state index contributed by atoms with van der Waals surface area (Å²) in [5, 5.41) is 7.95. The summed E-state index contributed by atoms with van der Waals surface area (Å²) >= 11 is 6.00. The molecule has 0 aliphatic carbocycles. The van der Waals surface area contributed by atoms with Crippen molar-refractivity contribution >= 4 is 11.6 Å². The van der Waals surface area contributed by atoms with Crippen molar-refractivity contribution in [2.45, 2.75) is 18.9 Å². The van der Waals surface area contributed by atoms with E-state index in [0.717, 1.165) is 24.9 Å². The van der Waals surface area contributed by atoms with Gasteiger partial charge in [0.05, 0.1) is 18.7 Å². The Labute approximate surface area is 115 Å². The first kappa shape index (κ1) is 12.4. The molecule has 3 rings (SSSR count). The zero-order valence-electron chi connectivity index (χ0n) is 10.5. The number of benzene rings is 1. The Morgan fingerprint density at radius 1 is 1.47 bits per heavy atom. The number of hydrogen-bond acceptors (Lipinski definition) is 5. The van der Waals surface area contributed by atoms with Gasteiger partial charge in [-0.05, 0) is 37.6 Å². The van der Waals surface area contributed by atoms with Gasteiger partial charge >= 0.3 is 0 Å². The maximum Gasteiger partial charge on any atom is 0.244 e. The molecule has 0 bridgehead atoms. The first-order valence-corrected chi connectivity index (χ1v) is 6.56. The van der Waals surface area contributed by atoms with E-state index in [1.807, 2.05) is 0 Å². The molecular formula is C13H14ClN3O2. The lowest BCUT2D eigenvalue weighted by molar-refractivity contribution is 0.344. The second-order valence-corrected chi connectivity index (χ2v) is 4.89. The van der Waals surface area contributed by atoms with Gasteiger partial charge in [-0.15, -0.1) is 0 Å². The zero-order chi connectivity index (χ0) is 13.2. The number of halogens is 1. The molecule has 1 aliphatic heterocycles. The van der Waals surface area contributed by atoms with Crippen LogP contribution in [0.4, 0.5) is 0 Å². The van der Waals surface area contributed by atoms with E-state index in [4.69, 9.17) is 20.9 Å². The first-order chi connectivity index (χ1) is 9.28. The van der Waals surface area contributed by atoms with E-state index in [1.165, 1.54) is 0 Å². The van der Waals surface area contributed by atoms with E-state index in [1.54, 1.807) is 25.3 Å². The van der Waals surface area contributed by atoms with Crippen molar-refractivity contribution in [2.75, 3.05) is 13.7 Å². The summed E-state index contributed by atoms with van der Waals surface area (Å²) in [4.78, 5) is 4.43. The third kappa shape index (κ3) is 2.43. The highest BCUT2D eigenvalue weighted by Crippen LogP contribution is 2.32. The van der Waals surface area contributed by atoms with Crippen LogP contribution < -0.4 is 10.1 Å². The Hall–Kier alpha value is -1.59. The Kier molecular flexibility index (Phi) is 3.40. The van der Waals surface area contributed by atoms with E-state index in [0.29, 0.717) is 22.5 Å². The fourth-order valence-corrected chi connectivity index (χ4v) is 2.41. The molecule has 6 heteroatoms. The van der Waals surface area contributed by atoms with Crippen molar-refractivity contribution in [2.24, 2.45) is 0 Å². The summed E-state index contributed by atoms with van der Waals surface area (Å²) in [7, 11) is 1.60. The van der Waals surface area contributed by atoms with Gasteiger partial charge in [0.15, 0.2) is 0 Å². The Morgan fingerprint density at radius 2 is 2.37 bits per heavy atom. The molecule has 0 saturated carbocycles. The Balaban J connectivity index is 1.95. The molecule has 1 aliphatic rings. The highest BCUT2D eigenvalue weighted by atomic mass is 35.5. The highest BCUT2D eigenvalue weighted by molar-refractivity contribution is 6.30. The number of hydrogen-bond donors (Lipinski definition) is 1. The molecule has 1 unspecified atom stereocenters. The lowest BCUT2D eigenvalue weighted by atomic mass is 10.2. The molecule has 0 amide bonds. The van der Waals surface area contributed by atoms with Gasteiger partial charge in [-0.2, -0.15) is 4.98 Å². The van der Waals surface area contributed by atoms with Crippen molar-refractivity contribution < 1.29 is 9.26 Å². The van der Waals surface area contributed by atoms with E-state index in [2.05, 4.69) is 15.5 Å². The van der Waals surface area contributed by atoms with Crippen LogP contribution >= 0.6 is 11.6 Å². The van der Waals surface area contributed by atoms with Crippen LogP contribution in [0.3, 0.4) is 0 Å². The molecule has 0 spiro atoms. The maximum atomic E-state index is 6.00. The van der Waals surface area contributed by atoms with E-state index >= 15 is 0 Å². The van der Waals surface area contributed by atoms with E-state index in [9.17, 15) is 0 Å². The van der Waals surface area contributed by atoms with Crippen LogP contribution in [0.5, 0.6) is 5.75 Å². The average Bonchev–Trinajstić information content (AvgIpc) is 3.09. The van der Waals surface area contributed by atoms with Crippen LogP contribution in [-0.4, -0.2) is 23.8 Å². The molecular weight excluding hydrogens is 266 g/mol. The van der Waals surface area contributed by atoms with E-state index < -0.39 is 0 Å². The lowest BCUT2D eigenvalue weighted by Crippen LogP contribution is -2.12. The Bertz CT molecular complexity index is 579. The van der Waals surface area contributed by atoms with Gasteiger partial charge in [0.1, 0.15) is 5.75 Å². The van der Waals surface area contributed by atoms with Crippen LogP contribution in [0, 0.1) is 0 Å². The topological polar surface area (TPSA) is 60.2 Å². The quantitative estimate of drug-likeness (QED) is 0.936. The molecule has 2 aromatic rings. The van der Waals surface area contributed by atoms with Gasteiger partial charge in [0.2, 0.25) is 11.7 Å². The highest BCUT2D eigenvalue weighted by Gasteiger charge is 2.23. The molecule has 1 N–H and O–H groups in total. The summed E-state index contributed by atoms with van der Waals surface area (Å²) in [5.41, 5.74) is 0.739. The molecule has 1 aromatic heterocycles. The summed E-state index contributed by atoms with van der Waals surface area (Å²) in [6.07, 6.45) is 2.15. The normalized spacial score (nSPS) is 18.7. The van der Waals surface area contributed by atoms with Crippen LogP contribution in [0.25, 0.3) is 11.4 Å². The SMILES string of the molecule is COc1ccc(Cl)cc1-c1noc(C2CCCN2)n1. The molecule has 2 heterocycles. The van der Waals surface area contributed by atoms with Gasteiger partial charge in [-0.25, -0.2) is 0 Å². The third-order valence-electron chi connectivity index (χ3n) is 3.20. The summed E-state index contributed by atoms with van der Waals surface area (Å²) in [6.45, 7) is 0.989. The van der Waals surface area contributed by atoms with Crippen LogP contribution in [0.1, 0.15) is 24.8 Å². The van der Waals surface area contributed by atoms with Crippen molar-refractivity contribution in [3.8, 4) is 17.1 Å². The minimum absolute atomic E-state index is 0.159. The number of aromatic nitrogens is 2. The molecule has 100 valence electrons. The molecule has 19 heavy (non-hydrogen) atoms. The smallest absolute Gasteiger partial charge is 0.244 e. The fourth-order valence-electron chi connectivity index (χ4n) is 2.24. The van der Waals surface area contributed by atoms with Crippen molar-refractivity contribution in [3.63, 3.8) is 0 Å². The molecule has 1 fully saturated rings. The summed E-state index contributed by atoms with van der Waals surface area (Å²) < 4.78 is 10.6. The summed E-state index contributed by atoms with van der Waals surface area (Å²) in [6, 6.07) is 5.49. The van der Waals surface area contributed by atoms with Crippen LogP contribution in [-0.2, 0) is 0 Å². The number of ether oxygens (including phenoxy) is 1. The van der Waals surface area contributed by atoms with Crippen LogP contribution in [0.2, 0.25) is 5.02 Å². The van der Waals surface area contributed by atoms with Crippen molar-refractivity contribution in [3.05, 3.63) is 29.1 Å². The molecule has 0 radical (unpaired) electrons. The monoisotopic (exact) mass is 279 g/mol. The van der Waals surface area contributed by atoms with Gasteiger partial charge in [0, 0.05) is 5.02 Å². The van der Waals surface area contributed by atoms with Gasteiger partial charge < -0.3 is 14.6 Å². The average molecular weight is 280 g/mol. The standard InChI is InChI=1S/C13H14ClN3O2/c1-18-11-5-4-8(14)7-9(11)12-16-13(19-17-12)10-3-2-6-15-10/h4-5,7,10,15H,2-3,6H2,1H3. The molecule has 1 saturated heterocycles. The van der Waals surface area contributed by atoms with Crippen LogP contribution in [0.15, 0.2) is 22.7 Å². The van der Waals surface area contributed by atoms with E-state index in [-0.39, 0.29) is 6.04 Å². The largest absolute Gasteiger partial charge is 0.496 e. The number of methoxy groups -OCH3 is 1. The van der Waals surface area contributed by atoms with Gasteiger partial charge in [-0.1, -0.05) is 16.8 Å². The minimum atomic E-state index is 0.159. The predicted molar refractivity (Wildman–Crippen MR) is 71.3 cm³/mol. The van der Waals surface area contributed by atoms with Crippen molar-refractivity contribution in [1.82, 2.24) is 15.5 Å². The van der Waals surface area contributed by atoms with Crippen molar-refractivity contribution in [1.29, 1.82) is 0 Å². The zero-order valence-corrected chi connectivity index (χ0v) is 11.3. The number of nitrogens with zero attached hydrogens (tertiary/aromatic N) is 2. The van der Waals surface area contributed by atoms with Gasteiger partial charge in [0.25, 0.3) is 0 Å². The minimum Gasteiger partial charge on any atom is -0.496 e. The second-order valence-electron chi connectivity index (χ2n) is 4.45. The molecule has 5 nitrogen and oxygen atoms in total. The summed E-state index contributed by atoms with van der Waals surface area (Å²) in [5.74, 6) is 1.80. The Morgan fingerprint density at radius 3 is 3.11 bits per heavy atom. The lowest BCUT2D eigenvalue weighted by Gasteiger charge is -2.05. The maximum absolute atomic E-state index is 6.00. The predicted octanol–water partition coefficient (Wildman–Crippen LogP) is 2.82. The molecule has 1 atom stereocenters.